The van der Waals surface area contributed by atoms with Crippen LogP contribution in [-0.2, 0) is 9.59 Å². The Labute approximate surface area is 179 Å². The number of hydrogen-bond acceptors (Lipinski definition) is 4. The molecule has 150 valence electrons. The van der Waals surface area contributed by atoms with Crippen molar-refractivity contribution in [3.8, 4) is 0 Å². The predicted octanol–water partition coefficient (Wildman–Crippen LogP) is 4.15. The Morgan fingerprint density at radius 2 is 1.79 bits per heavy atom. The molecule has 0 saturated carbocycles. The van der Waals surface area contributed by atoms with Gasteiger partial charge in [-0.05, 0) is 43.7 Å². The maximum Gasteiger partial charge on any atom is 0.234 e. The minimum Gasteiger partial charge on any atom is -0.372 e. The molecule has 7 heteroatoms. The number of rotatable bonds is 11. The molecule has 0 aliphatic rings. The van der Waals surface area contributed by atoms with Crippen LogP contribution in [-0.4, -0.2) is 43.0 Å². The molecule has 0 spiro atoms. The Hall–Kier alpha value is -1.99. The van der Waals surface area contributed by atoms with E-state index < -0.39 is 0 Å². The highest BCUT2D eigenvalue weighted by Crippen LogP contribution is 2.16. The smallest absolute Gasteiger partial charge is 0.234 e. The molecule has 0 aliphatic heterocycles. The zero-order valence-electron chi connectivity index (χ0n) is 16.0. The molecule has 2 rings (SSSR count). The second kappa shape index (κ2) is 12.5. The Morgan fingerprint density at radius 3 is 2.50 bits per heavy atom. The number of benzene rings is 2. The third kappa shape index (κ3) is 8.35. The van der Waals surface area contributed by atoms with Gasteiger partial charge in [0.2, 0.25) is 11.8 Å². The van der Waals surface area contributed by atoms with Crippen LogP contribution >= 0.6 is 27.7 Å². The van der Waals surface area contributed by atoms with Gasteiger partial charge in [0.1, 0.15) is 0 Å². The molecule has 2 aromatic rings. The molecule has 2 aromatic carbocycles. The molecule has 2 amide bonds. The summed E-state index contributed by atoms with van der Waals surface area (Å²) in [5.41, 5.74) is 1.94. The van der Waals surface area contributed by atoms with Crippen LogP contribution in [0.25, 0.3) is 0 Å². The van der Waals surface area contributed by atoms with Gasteiger partial charge >= 0.3 is 0 Å². The average Bonchev–Trinajstić information content (AvgIpc) is 2.69. The van der Waals surface area contributed by atoms with Crippen molar-refractivity contribution in [3.63, 3.8) is 0 Å². The van der Waals surface area contributed by atoms with Crippen LogP contribution in [0.1, 0.15) is 13.3 Å². The Kier molecular flexibility index (Phi) is 9.93. The first-order chi connectivity index (χ1) is 13.6. The van der Waals surface area contributed by atoms with Gasteiger partial charge in [-0.25, -0.2) is 0 Å². The van der Waals surface area contributed by atoms with Gasteiger partial charge in [-0.3, -0.25) is 9.59 Å². The van der Waals surface area contributed by atoms with E-state index in [1.165, 1.54) is 17.4 Å². The first-order valence-corrected chi connectivity index (χ1v) is 11.2. The van der Waals surface area contributed by atoms with E-state index in [0.717, 1.165) is 29.7 Å². The number of carbonyl (C=O) groups is 2. The fraction of sp³-hybridized carbons (Fsp3) is 0.333. The quantitative estimate of drug-likeness (QED) is 0.491. The topological polar surface area (TPSA) is 61.4 Å². The zero-order valence-corrected chi connectivity index (χ0v) is 18.4. The van der Waals surface area contributed by atoms with Gasteiger partial charge in [0.05, 0.1) is 11.5 Å². The third-order valence-corrected chi connectivity index (χ3v) is 5.43. The fourth-order valence-corrected chi connectivity index (χ4v) is 3.70. The van der Waals surface area contributed by atoms with E-state index in [1.807, 2.05) is 42.5 Å². The van der Waals surface area contributed by atoms with E-state index in [1.54, 1.807) is 0 Å². The fourth-order valence-electron chi connectivity index (χ4n) is 2.66. The summed E-state index contributed by atoms with van der Waals surface area (Å²) in [6.45, 7) is 4.58. The average molecular weight is 464 g/mol. The first kappa shape index (κ1) is 22.3. The normalized spacial score (nSPS) is 10.4. The largest absolute Gasteiger partial charge is 0.372 e. The number of amides is 2. The van der Waals surface area contributed by atoms with Gasteiger partial charge in [-0.1, -0.05) is 40.2 Å². The summed E-state index contributed by atoms with van der Waals surface area (Å²) in [5, 5.41) is 5.74. The summed E-state index contributed by atoms with van der Waals surface area (Å²) in [6.07, 6.45) is 0.877. The molecule has 0 atom stereocenters. The summed E-state index contributed by atoms with van der Waals surface area (Å²) in [6, 6.07) is 17.7. The summed E-state index contributed by atoms with van der Waals surface area (Å²) >= 11 is 4.68. The van der Waals surface area contributed by atoms with Crippen molar-refractivity contribution < 1.29 is 9.59 Å². The molecule has 28 heavy (non-hydrogen) atoms. The Balaban J connectivity index is 1.58. The van der Waals surface area contributed by atoms with E-state index in [-0.39, 0.29) is 23.3 Å². The van der Waals surface area contributed by atoms with Gasteiger partial charge in [0.25, 0.3) is 0 Å². The predicted molar refractivity (Wildman–Crippen MR) is 122 cm³/mol. The van der Waals surface area contributed by atoms with Crippen molar-refractivity contribution in [1.29, 1.82) is 0 Å². The molecule has 0 unspecified atom stereocenters. The number of halogens is 1. The molecular weight excluding hydrogens is 438 g/mol. The summed E-state index contributed by atoms with van der Waals surface area (Å²) in [7, 11) is 0. The lowest BCUT2D eigenvalue weighted by molar-refractivity contribution is -0.118. The van der Waals surface area contributed by atoms with Crippen molar-refractivity contribution in [2.24, 2.45) is 0 Å². The number of hydrogen-bond donors (Lipinski definition) is 2. The van der Waals surface area contributed by atoms with Crippen LogP contribution in [0, 0.1) is 0 Å². The highest BCUT2D eigenvalue weighted by molar-refractivity contribution is 9.10. The highest BCUT2D eigenvalue weighted by Gasteiger charge is 2.07. The summed E-state index contributed by atoms with van der Waals surface area (Å²) < 4.78 is 0.909. The maximum absolute atomic E-state index is 11.9. The molecule has 0 aromatic heterocycles. The minimum atomic E-state index is -0.114. The van der Waals surface area contributed by atoms with Gasteiger partial charge in [0, 0.05) is 35.5 Å². The SMILES string of the molecule is CCN(CCCNC(=O)CSCC(=O)Nc1cccc(Br)c1)c1ccccc1. The van der Waals surface area contributed by atoms with Crippen LogP contribution in [0.15, 0.2) is 59.1 Å². The second-order valence-corrected chi connectivity index (χ2v) is 8.07. The van der Waals surface area contributed by atoms with Gasteiger partial charge in [0.15, 0.2) is 0 Å². The summed E-state index contributed by atoms with van der Waals surface area (Å²) in [5.74, 6) is 0.375. The number of nitrogens with one attached hydrogen (secondary N) is 2. The molecule has 0 bridgehead atoms. The molecule has 0 fully saturated rings. The molecular formula is C21H26BrN3O2S. The Morgan fingerprint density at radius 1 is 1.04 bits per heavy atom. The molecule has 0 saturated heterocycles. The van der Waals surface area contributed by atoms with Gasteiger partial charge < -0.3 is 15.5 Å². The number of carbonyl (C=O) groups excluding carboxylic acids is 2. The van der Waals surface area contributed by atoms with Crippen molar-refractivity contribution in [1.82, 2.24) is 5.32 Å². The third-order valence-electron chi connectivity index (χ3n) is 4.00. The maximum atomic E-state index is 11.9. The van der Waals surface area contributed by atoms with E-state index in [9.17, 15) is 9.59 Å². The monoisotopic (exact) mass is 463 g/mol. The first-order valence-electron chi connectivity index (χ1n) is 9.28. The van der Waals surface area contributed by atoms with Crippen LogP contribution < -0.4 is 15.5 Å². The number of anilines is 2. The van der Waals surface area contributed by atoms with Gasteiger partial charge in [-0.2, -0.15) is 0 Å². The van der Waals surface area contributed by atoms with Crippen LogP contribution in [0.3, 0.4) is 0 Å². The molecule has 2 N–H and O–H groups in total. The Bertz CT molecular complexity index is 758. The molecule has 5 nitrogen and oxygen atoms in total. The second-order valence-electron chi connectivity index (χ2n) is 6.17. The lowest BCUT2D eigenvalue weighted by atomic mass is 10.2. The van der Waals surface area contributed by atoms with Crippen molar-refractivity contribution in [2.45, 2.75) is 13.3 Å². The van der Waals surface area contributed by atoms with Crippen LogP contribution in [0.2, 0.25) is 0 Å². The molecule has 0 heterocycles. The molecule has 0 aliphatic carbocycles. The van der Waals surface area contributed by atoms with E-state index in [4.69, 9.17) is 0 Å². The zero-order chi connectivity index (χ0) is 20.2. The van der Waals surface area contributed by atoms with Crippen molar-refractivity contribution in [3.05, 3.63) is 59.1 Å². The lowest BCUT2D eigenvalue weighted by Gasteiger charge is -2.23. The summed E-state index contributed by atoms with van der Waals surface area (Å²) in [4.78, 5) is 26.1. The molecule has 0 radical (unpaired) electrons. The minimum absolute atomic E-state index is 0.0389. The van der Waals surface area contributed by atoms with Crippen molar-refractivity contribution >= 4 is 50.9 Å². The van der Waals surface area contributed by atoms with Crippen LogP contribution in [0.5, 0.6) is 0 Å². The standard InChI is InChI=1S/C21H26BrN3O2S/c1-2-25(19-10-4-3-5-11-19)13-7-12-23-20(26)15-28-16-21(27)24-18-9-6-8-17(22)14-18/h3-6,8-11,14H,2,7,12-13,15-16H2,1H3,(H,23,26)(H,24,27). The number of nitrogens with zero attached hydrogens (tertiary/aromatic N) is 1. The van der Waals surface area contributed by atoms with Crippen molar-refractivity contribution in [2.75, 3.05) is 41.4 Å². The van der Waals surface area contributed by atoms with E-state index >= 15 is 0 Å². The highest BCUT2D eigenvalue weighted by atomic mass is 79.9. The van der Waals surface area contributed by atoms with E-state index in [0.29, 0.717) is 6.54 Å². The van der Waals surface area contributed by atoms with E-state index in [2.05, 4.69) is 50.5 Å². The number of para-hydroxylation sites is 1. The van der Waals surface area contributed by atoms with Crippen LogP contribution in [0.4, 0.5) is 11.4 Å². The lowest BCUT2D eigenvalue weighted by Crippen LogP contribution is -2.31. The number of thioether (sulfide) groups is 1. The van der Waals surface area contributed by atoms with Gasteiger partial charge in [-0.15, -0.1) is 11.8 Å².